The van der Waals surface area contributed by atoms with Crippen molar-refractivity contribution < 1.29 is 9.53 Å². The van der Waals surface area contributed by atoms with Crippen LogP contribution in [0.1, 0.15) is 33.0 Å². The zero-order chi connectivity index (χ0) is 21.5. The molecule has 1 aromatic carbocycles. The Morgan fingerprint density at radius 1 is 1.20 bits per heavy atom. The molecule has 3 rings (SSSR count). The van der Waals surface area contributed by atoms with E-state index in [1.165, 1.54) is 23.3 Å². The molecular formula is C24H35N3O2S. The third-order valence-corrected chi connectivity index (χ3v) is 6.71. The molecular weight excluding hydrogens is 394 g/mol. The third kappa shape index (κ3) is 6.30. The number of rotatable bonds is 9. The van der Waals surface area contributed by atoms with Crippen LogP contribution in [0.15, 0.2) is 36.4 Å². The quantitative estimate of drug-likeness (QED) is 0.604. The Kier molecular flexibility index (Phi) is 8.31. The fraction of sp³-hybridized carbons (Fsp3) is 0.542. The summed E-state index contributed by atoms with van der Waals surface area (Å²) in [6, 6.07) is 12.3. The molecule has 5 nitrogen and oxygen atoms in total. The lowest BCUT2D eigenvalue weighted by Crippen LogP contribution is -2.44. The van der Waals surface area contributed by atoms with E-state index in [4.69, 9.17) is 4.74 Å². The second kappa shape index (κ2) is 10.9. The number of benzene rings is 1. The summed E-state index contributed by atoms with van der Waals surface area (Å²) < 4.78 is 5.53. The van der Waals surface area contributed by atoms with Gasteiger partial charge in [0.15, 0.2) is 0 Å². The number of carbonyl (C=O) groups is 1. The van der Waals surface area contributed by atoms with E-state index in [9.17, 15) is 4.79 Å². The molecule has 2 heterocycles. The fourth-order valence-corrected chi connectivity index (χ4v) is 4.97. The lowest BCUT2D eigenvalue weighted by atomic mass is 9.96. The molecule has 1 aliphatic rings. The van der Waals surface area contributed by atoms with E-state index < -0.39 is 0 Å². The molecule has 0 N–H and O–H groups in total. The number of likely N-dealkylation sites (N-methyl/N-ethyl adjacent to an activating group) is 1. The summed E-state index contributed by atoms with van der Waals surface area (Å²) in [6.07, 6.45) is 2.35. The predicted octanol–water partition coefficient (Wildman–Crippen LogP) is 3.98. The van der Waals surface area contributed by atoms with Crippen molar-refractivity contribution in [1.82, 2.24) is 14.7 Å². The van der Waals surface area contributed by atoms with E-state index in [-0.39, 0.29) is 5.91 Å². The molecule has 0 aliphatic carbocycles. The number of aryl methyl sites for hydroxylation is 1. The van der Waals surface area contributed by atoms with Gasteiger partial charge in [0, 0.05) is 43.2 Å². The first-order chi connectivity index (χ1) is 14.5. The van der Waals surface area contributed by atoms with Gasteiger partial charge >= 0.3 is 0 Å². The molecule has 6 heteroatoms. The molecule has 1 aromatic heterocycles. The van der Waals surface area contributed by atoms with Crippen molar-refractivity contribution in [2.24, 2.45) is 5.92 Å². The fourth-order valence-electron chi connectivity index (χ4n) is 4.13. The number of para-hydroxylation sites is 1. The maximum Gasteiger partial charge on any atom is 0.263 e. The van der Waals surface area contributed by atoms with Crippen molar-refractivity contribution in [3.05, 3.63) is 51.7 Å². The van der Waals surface area contributed by atoms with Gasteiger partial charge in [-0.25, -0.2) is 0 Å². The zero-order valence-corrected chi connectivity index (χ0v) is 19.6. The van der Waals surface area contributed by atoms with Crippen LogP contribution in [0.5, 0.6) is 5.75 Å². The van der Waals surface area contributed by atoms with Crippen LogP contribution in [0, 0.1) is 12.8 Å². The van der Waals surface area contributed by atoms with E-state index in [0.29, 0.717) is 5.92 Å². The minimum atomic E-state index is 0.178. The first-order valence-corrected chi connectivity index (χ1v) is 11.6. The summed E-state index contributed by atoms with van der Waals surface area (Å²) in [5, 5.41) is 0. The molecule has 1 saturated heterocycles. The second-order valence-corrected chi connectivity index (χ2v) is 9.81. The molecule has 0 radical (unpaired) electrons. The largest absolute Gasteiger partial charge is 0.496 e. The third-order valence-electron chi connectivity index (χ3n) is 5.72. The summed E-state index contributed by atoms with van der Waals surface area (Å²) in [5.74, 6) is 1.63. The highest BCUT2D eigenvalue weighted by Gasteiger charge is 2.26. The first-order valence-electron chi connectivity index (χ1n) is 10.8. The van der Waals surface area contributed by atoms with Crippen LogP contribution in [0.2, 0.25) is 0 Å². The van der Waals surface area contributed by atoms with Crippen LogP contribution in [-0.4, -0.2) is 74.5 Å². The van der Waals surface area contributed by atoms with E-state index in [1.54, 1.807) is 18.4 Å². The number of carbonyl (C=O) groups excluding carboxylic acids is 1. The van der Waals surface area contributed by atoms with Crippen molar-refractivity contribution in [3.63, 3.8) is 0 Å². The molecule has 1 amide bonds. The van der Waals surface area contributed by atoms with Crippen molar-refractivity contribution in [1.29, 1.82) is 0 Å². The average molecular weight is 430 g/mol. The van der Waals surface area contributed by atoms with Crippen LogP contribution in [0.25, 0.3) is 0 Å². The Bertz CT molecular complexity index is 820. The second-order valence-electron chi connectivity index (χ2n) is 8.52. The number of ether oxygens (including phenoxy) is 1. The Labute approximate surface area is 185 Å². The van der Waals surface area contributed by atoms with Gasteiger partial charge in [0.2, 0.25) is 0 Å². The summed E-state index contributed by atoms with van der Waals surface area (Å²) >= 11 is 1.60. The predicted molar refractivity (Wildman–Crippen MR) is 125 cm³/mol. The molecule has 0 spiro atoms. The van der Waals surface area contributed by atoms with Crippen LogP contribution in [0.3, 0.4) is 0 Å². The lowest BCUT2D eigenvalue weighted by molar-refractivity contribution is 0.0665. The topological polar surface area (TPSA) is 36.0 Å². The molecule has 0 unspecified atom stereocenters. The number of thiophene rings is 1. The van der Waals surface area contributed by atoms with Crippen LogP contribution in [0.4, 0.5) is 0 Å². The van der Waals surface area contributed by atoms with Crippen molar-refractivity contribution >= 4 is 17.2 Å². The Balaban J connectivity index is 1.65. The van der Waals surface area contributed by atoms with Crippen LogP contribution < -0.4 is 4.74 Å². The van der Waals surface area contributed by atoms with Gasteiger partial charge in [-0.05, 0) is 64.5 Å². The van der Waals surface area contributed by atoms with Gasteiger partial charge in [-0.1, -0.05) is 18.2 Å². The van der Waals surface area contributed by atoms with Gasteiger partial charge in [-0.3, -0.25) is 9.69 Å². The smallest absolute Gasteiger partial charge is 0.263 e. The number of likely N-dealkylation sites (tertiary alicyclic amines) is 1. The summed E-state index contributed by atoms with van der Waals surface area (Å²) in [6.45, 7) is 7.56. The maximum atomic E-state index is 13.2. The van der Waals surface area contributed by atoms with Crippen LogP contribution in [-0.2, 0) is 6.54 Å². The summed E-state index contributed by atoms with van der Waals surface area (Å²) in [4.78, 5) is 22.0. The van der Waals surface area contributed by atoms with E-state index >= 15 is 0 Å². The molecule has 1 atom stereocenters. The normalized spacial score (nSPS) is 17.3. The number of hydrogen-bond acceptors (Lipinski definition) is 5. The molecule has 164 valence electrons. The first kappa shape index (κ1) is 22.8. The Morgan fingerprint density at radius 3 is 2.70 bits per heavy atom. The van der Waals surface area contributed by atoms with Gasteiger partial charge < -0.3 is 14.5 Å². The molecule has 1 fully saturated rings. The van der Waals surface area contributed by atoms with Crippen molar-refractivity contribution in [2.75, 3.05) is 53.9 Å². The monoisotopic (exact) mass is 429 g/mol. The highest BCUT2D eigenvalue weighted by molar-refractivity contribution is 7.13. The molecule has 2 aromatic rings. The van der Waals surface area contributed by atoms with Crippen LogP contribution >= 0.6 is 11.3 Å². The molecule has 0 bridgehead atoms. The van der Waals surface area contributed by atoms with Gasteiger partial charge in [0.1, 0.15) is 5.75 Å². The number of amides is 1. The van der Waals surface area contributed by atoms with E-state index in [1.807, 2.05) is 24.3 Å². The van der Waals surface area contributed by atoms with Crippen molar-refractivity contribution in [2.45, 2.75) is 26.3 Å². The standard InChI is InChI=1S/C24H35N3O2S/c1-19-11-12-23(30-19)24(28)27(15-14-25(2)3)17-20-8-7-13-26(16-20)18-21-9-5-6-10-22(21)29-4/h5-6,9-12,20H,7-8,13-18H2,1-4H3/t20-/m1/s1. The minimum Gasteiger partial charge on any atom is -0.496 e. The average Bonchev–Trinajstić information content (AvgIpc) is 3.17. The van der Waals surface area contributed by atoms with Crippen molar-refractivity contribution in [3.8, 4) is 5.75 Å². The lowest BCUT2D eigenvalue weighted by Gasteiger charge is -2.36. The Morgan fingerprint density at radius 2 is 2.00 bits per heavy atom. The summed E-state index contributed by atoms with van der Waals surface area (Å²) in [7, 11) is 5.86. The summed E-state index contributed by atoms with van der Waals surface area (Å²) in [5.41, 5.74) is 1.23. The van der Waals surface area contributed by atoms with E-state index in [2.05, 4.69) is 47.9 Å². The molecule has 30 heavy (non-hydrogen) atoms. The molecule has 0 saturated carbocycles. The van der Waals surface area contributed by atoms with E-state index in [0.717, 1.165) is 49.9 Å². The number of piperidine rings is 1. The highest BCUT2D eigenvalue weighted by Crippen LogP contribution is 2.25. The van der Waals surface area contributed by atoms with Gasteiger partial charge in [0.05, 0.1) is 12.0 Å². The van der Waals surface area contributed by atoms with Gasteiger partial charge in [-0.15, -0.1) is 11.3 Å². The number of methoxy groups -OCH3 is 1. The number of nitrogens with zero attached hydrogens (tertiary/aromatic N) is 3. The number of hydrogen-bond donors (Lipinski definition) is 0. The minimum absolute atomic E-state index is 0.178. The maximum absolute atomic E-state index is 13.2. The zero-order valence-electron chi connectivity index (χ0n) is 18.8. The SMILES string of the molecule is COc1ccccc1CN1CCC[C@@H](CN(CCN(C)C)C(=O)c2ccc(C)s2)C1. The Hall–Kier alpha value is -1.89. The highest BCUT2D eigenvalue weighted by atomic mass is 32.1. The molecule has 1 aliphatic heterocycles. The van der Waals surface area contributed by atoms with Gasteiger partial charge in [-0.2, -0.15) is 0 Å². The van der Waals surface area contributed by atoms with Gasteiger partial charge in [0.25, 0.3) is 5.91 Å².